The average Bonchev–Trinajstić information content (AvgIpc) is 2.75. The molecular weight excluding hydrogens is 384 g/mol. The highest BCUT2D eigenvalue weighted by Gasteiger charge is 2.30. The summed E-state index contributed by atoms with van der Waals surface area (Å²) in [5.41, 5.74) is 0.745. The number of nitrogens with zero attached hydrogens (tertiary/aromatic N) is 4. The van der Waals surface area contributed by atoms with E-state index in [1.165, 1.54) is 18.2 Å². The molecule has 2 saturated heterocycles. The minimum atomic E-state index is -4.27. The van der Waals surface area contributed by atoms with E-state index in [1.807, 2.05) is 21.9 Å². The van der Waals surface area contributed by atoms with Gasteiger partial charge in [-0.3, -0.25) is 0 Å². The lowest BCUT2D eigenvalue weighted by molar-refractivity contribution is -0.137. The Kier molecular flexibility index (Phi) is 7.33. The summed E-state index contributed by atoms with van der Waals surface area (Å²) in [6.45, 7) is 6.07. The van der Waals surface area contributed by atoms with Crippen LogP contribution in [0.15, 0.2) is 48.5 Å². The molecule has 2 radical (unpaired) electrons. The van der Waals surface area contributed by atoms with Crippen molar-refractivity contribution in [2.24, 2.45) is 0 Å². The zero-order chi connectivity index (χ0) is 20.7. The van der Waals surface area contributed by atoms with Crippen LogP contribution in [0.3, 0.4) is 0 Å². The van der Waals surface area contributed by atoms with Crippen molar-refractivity contribution in [1.82, 2.24) is 10.6 Å². The molecule has 4 rings (SSSR count). The quantitative estimate of drug-likeness (QED) is 0.714. The molecule has 4 nitrogen and oxygen atoms in total. The molecule has 0 amide bonds. The van der Waals surface area contributed by atoms with Crippen LogP contribution in [0.25, 0.3) is 0 Å². The van der Waals surface area contributed by atoms with E-state index in [0.29, 0.717) is 37.6 Å². The van der Waals surface area contributed by atoms with Crippen LogP contribution in [0.1, 0.15) is 5.56 Å². The minimum Gasteiger partial charge on any atom is -0.369 e. The van der Waals surface area contributed by atoms with E-state index in [0.717, 1.165) is 32.2 Å². The molecule has 156 valence electrons. The number of halogens is 4. The maximum absolute atomic E-state index is 13.3. The summed E-state index contributed by atoms with van der Waals surface area (Å²) in [4.78, 5) is 3.98. The van der Waals surface area contributed by atoms with Crippen molar-refractivity contribution >= 4 is 11.4 Å². The zero-order valence-corrected chi connectivity index (χ0v) is 16.1. The molecule has 0 atom stereocenters. The fourth-order valence-electron chi connectivity index (χ4n) is 3.30. The fraction of sp³-hybridized carbons (Fsp3) is 0.429. The van der Waals surface area contributed by atoms with Gasteiger partial charge in [0.15, 0.2) is 0 Å². The Morgan fingerprint density at radius 2 is 1.31 bits per heavy atom. The first-order valence-corrected chi connectivity index (χ1v) is 9.63. The predicted molar refractivity (Wildman–Crippen MR) is 106 cm³/mol. The normalized spacial score (nSPS) is 17.5. The first-order valence-electron chi connectivity index (χ1n) is 9.63. The van der Waals surface area contributed by atoms with Crippen LogP contribution in [0.2, 0.25) is 0 Å². The van der Waals surface area contributed by atoms with Gasteiger partial charge in [-0.05, 0) is 30.3 Å². The van der Waals surface area contributed by atoms with E-state index in [1.54, 1.807) is 12.1 Å². The predicted octanol–water partition coefficient (Wildman–Crippen LogP) is 3.38. The number of hydrogen-bond acceptors (Lipinski definition) is 2. The first kappa shape index (κ1) is 21.4. The number of benzene rings is 2. The molecule has 0 bridgehead atoms. The van der Waals surface area contributed by atoms with Crippen LogP contribution in [0.5, 0.6) is 0 Å². The van der Waals surface area contributed by atoms with Crippen LogP contribution in [0, 0.1) is 5.82 Å². The number of alkyl halides is 3. The van der Waals surface area contributed by atoms with E-state index in [-0.39, 0.29) is 5.82 Å². The molecule has 2 aromatic carbocycles. The maximum atomic E-state index is 13.3. The van der Waals surface area contributed by atoms with Gasteiger partial charge in [0.2, 0.25) is 0 Å². The van der Waals surface area contributed by atoms with Crippen molar-refractivity contribution in [3.8, 4) is 0 Å². The van der Waals surface area contributed by atoms with Gasteiger partial charge in [-0.15, -0.1) is 0 Å². The van der Waals surface area contributed by atoms with Gasteiger partial charge in [0, 0.05) is 58.0 Å². The van der Waals surface area contributed by atoms with Gasteiger partial charge in [0.1, 0.15) is 5.82 Å². The molecule has 0 N–H and O–H groups in total. The highest BCUT2D eigenvalue weighted by Crippen LogP contribution is 2.31. The van der Waals surface area contributed by atoms with Gasteiger partial charge in [-0.2, -0.15) is 13.2 Å². The van der Waals surface area contributed by atoms with Crippen LogP contribution < -0.4 is 20.4 Å². The molecule has 2 aliphatic rings. The second-order valence-electron chi connectivity index (χ2n) is 6.82. The SMILES string of the molecule is FC(F)(F)c1cccc(N2CC[N]CC2)c1.Fc1ccccc1N1CC[N]CC1. The van der Waals surface area contributed by atoms with E-state index >= 15 is 0 Å². The van der Waals surface area contributed by atoms with Crippen molar-refractivity contribution in [3.63, 3.8) is 0 Å². The van der Waals surface area contributed by atoms with E-state index in [2.05, 4.69) is 10.6 Å². The van der Waals surface area contributed by atoms with Crippen molar-refractivity contribution in [3.05, 3.63) is 59.9 Å². The molecule has 29 heavy (non-hydrogen) atoms. The Morgan fingerprint density at radius 3 is 1.90 bits per heavy atom. The second kappa shape index (κ2) is 9.93. The highest BCUT2D eigenvalue weighted by atomic mass is 19.4. The molecule has 2 aromatic rings. The third-order valence-electron chi connectivity index (χ3n) is 4.84. The summed E-state index contributed by atoms with van der Waals surface area (Å²) in [5.74, 6) is -0.135. The van der Waals surface area contributed by atoms with Gasteiger partial charge in [0.05, 0.1) is 11.3 Å². The molecule has 0 unspecified atom stereocenters. The number of para-hydroxylation sites is 1. The summed E-state index contributed by atoms with van der Waals surface area (Å²) in [6, 6.07) is 12.4. The third-order valence-corrected chi connectivity index (χ3v) is 4.84. The third kappa shape index (κ3) is 6.08. The number of rotatable bonds is 2. The summed E-state index contributed by atoms with van der Waals surface area (Å²) < 4.78 is 50.8. The molecule has 0 aliphatic carbocycles. The summed E-state index contributed by atoms with van der Waals surface area (Å²) >= 11 is 0. The van der Waals surface area contributed by atoms with Crippen LogP contribution in [0.4, 0.5) is 28.9 Å². The zero-order valence-electron chi connectivity index (χ0n) is 16.1. The smallest absolute Gasteiger partial charge is 0.369 e. The van der Waals surface area contributed by atoms with E-state index in [4.69, 9.17) is 0 Å². The first-order chi connectivity index (χ1) is 13.9. The maximum Gasteiger partial charge on any atom is 0.416 e. The van der Waals surface area contributed by atoms with Gasteiger partial charge in [-0.25, -0.2) is 15.0 Å². The van der Waals surface area contributed by atoms with Crippen LogP contribution in [-0.2, 0) is 6.18 Å². The average molecular weight is 408 g/mol. The molecule has 0 saturated carbocycles. The number of anilines is 2. The van der Waals surface area contributed by atoms with Crippen LogP contribution in [-0.4, -0.2) is 52.4 Å². The lowest BCUT2D eigenvalue weighted by Crippen LogP contribution is -2.40. The van der Waals surface area contributed by atoms with Gasteiger partial charge in [0.25, 0.3) is 0 Å². The topological polar surface area (TPSA) is 34.7 Å². The number of hydrogen-bond donors (Lipinski definition) is 0. The fourth-order valence-corrected chi connectivity index (χ4v) is 3.30. The summed E-state index contributed by atoms with van der Waals surface area (Å²) in [6.07, 6.45) is -4.27. The Balaban J connectivity index is 0.000000169. The lowest BCUT2D eigenvalue weighted by Gasteiger charge is -2.29. The van der Waals surface area contributed by atoms with Gasteiger partial charge in [-0.1, -0.05) is 18.2 Å². The monoisotopic (exact) mass is 408 g/mol. The Morgan fingerprint density at radius 1 is 0.724 bits per heavy atom. The summed E-state index contributed by atoms with van der Waals surface area (Å²) in [5, 5.41) is 8.38. The lowest BCUT2D eigenvalue weighted by atomic mass is 10.1. The van der Waals surface area contributed by atoms with E-state index in [9.17, 15) is 17.6 Å². The van der Waals surface area contributed by atoms with Crippen LogP contribution >= 0.6 is 0 Å². The molecule has 2 heterocycles. The van der Waals surface area contributed by atoms with Crippen molar-refractivity contribution in [2.75, 3.05) is 62.2 Å². The largest absolute Gasteiger partial charge is 0.416 e. The molecule has 0 spiro atoms. The second-order valence-corrected chi connectivity index (χ2v) is 6.82. The highest BCUT2D eigenvalue weighted by molar-refractivity contribution is 5.50. The van der Waals surface area contributed by atoms with Gasteiger partial charge < -0.3 is 9.80 Å². The molecule has 2 aliphatic heterocycles. The Labute approximate surface area is 168 Å². The molecular formula is C21H24F4N4. The van der Waals surface area contributed by atoms with Crippen molar-refractivity contribution in [1.29, 1.82) is 0 Å². The standard InChI is InChI=1S/C11H12F3N2.C10H12FN2/c12-11(13,14)9-2-1-3-10(8-9)16-6-4-15-5-7-16;11-9-3-1-2-4-10(9)13-7-5-12-6-8-13/h1-3,8H,4-7H2;1-4H,5-8H2. The minimum absolute atomic E-state index is 0.135. The summed E-state index contributed by atoms with van der Waals surface area (Å²) in [7, 11) is 0. The molecule has 0 aromatic heterocycles. The Bertz CT molecular complexity index is 769. The number of piperazine rings is 2. The van der Waals surface area contributed by atoms with Crippen molar-refractivity contribution < 1.29 is 17.6 Å². The van der Waals surface area contributed by atoms with Gasteiger partial charge >= 0.3 is 6.18 Å². The molecule has 2 fully saturated rings. The van der Waals surface area contributed by atoms with E-state index < -0.39 is 11.7 Å². The van der Waals surface area contributed by atoms with Crippen molar-refractivity contribution in [2.45, 2.75) is 6.18 Å². The molecule has 8 heteroatoms. The Hall–Kier alpha value is -2.32.